The molecule has 2 rings (SSSR count). The molecule has 1 fully saturated rings. The average Bonchev–Trinajstić information content (AvgIpc) is 3.00. The van der Waals surface area contributed by atoms with E-state index >= 15 is 0 Å². The normalized spacial score (nSPS) is 14.9. The van der Waals surface area contributed by atoms with Gasteiger partial charge < -0.3 is 4.90 Å². The van der Waals surface area contributed by atoms with E-state index in [2.05, 4.69) is 27.3 Å². The van der Waals surface area contributed by atoms with Gasteiger partial charge in [-0.25, -0.2) is 4.98 Å². The fraction of sp³-hybridized carbons (Fsp3) is 0.700. The highest BCUT2D eigenvalue weighted by molar-refractivity contribution is 7.09. The molecular formula is C10H14N4S. The lowest BCUT2D eigenvalue weighted by atomic mass is 10.4. The molecule has 0 radical (unpaired) electrons. The van der Waals surface area contributed by atoms with Crippen molar-refractivity contribution in [3.63, 3.8) is 0 Å². The van der Waals surface area contributed by atoms with E-state index in [1.165, 1.54) is 24.4 Å². The zero-order valence-corrected chi connectivity index (χ0v) is 9.63. The molecule has 0 unspecified atom stereocenters. The SMILES string of the molecule is CCN(CCC#N)c1nc(C2CC2)ns1. The Kier molecular flexibility index (Phi) is 3.17. The van der Waals surface area contributed by atoms with Gasteiger partial charge in [-0.05, 0) is 19.8 Å². The molecule has 1 aliphatic rings. The molecule has 0 saturated heterocycles. The van der Waals surface area contributed by atoms with Crippen LogP contribution in [-0.2, 0) is 0 Å². The summed E-state index contributed by atoms with van der Waals surface area (Å²) in [7, 11) is 0. The second-order valence-electron chi connectivity index (χ2n) is 3.70. The maximum absolute atomic E-state index is 8.55. The number of nitrogens with zero attached hydrogens (tertiary/aromatic N) is 4. The van der Waals surface area contributed by atoms with Gasteiger partial charge >= 0.3 is 0 Å². The molecule has 0 amide bonds. The van der Waals surface area contributed by atoms with E-state index in [9.17, 15) is 0 Å². The second-order valence-corrected chi connectivity index (χ2v) is 4.43. The second kappa shape index (κ2) is 4.58. The quantitative estimate of drug-likeness (QED) is 0.766. The first-order valence-electron chi connectivity index (χ1n) is 5.30. The Labute approximate surface area is 93.7 Å². The molecule has 4 nitrogen and oxygen atoms in total. The number of nitriles is 1. The van der Waals surface area contributed by atoms with Crippen LogP contribution in [0.25, 0.3) is 0 Å². The van der Waals surface area contributed by atoms with Crippen LogP contribution in [0, 0.1) is 11.3 Å². The third-order valence-electron chi connectivity index (χ3n) is 2.52. The zero-order valence-electron chi connectivity index (χ0n) is 8.81. The molecule has 1 aliphatic carbocycles. The van der Waals surface area contributed by atoms with Gasteiger partial charge in [-0.15, -0.1) is 0 Å². The van der Waals surface area contributed by atoms with Crippen LogP contribution >= 0.6 is 11.5 Å². The van der Waals surface area contributed by atoms with Gasteiger partial charge in [-0.1, -0.05) is 0 Å². The molecular weight excluding hydrogens is 208 g/mol. The molecule has 0 N–H and O–H groups in total. The van der Waals surface area contributed by atoms with Crippen molar-refractivity contribution < 1.29 is 0 Å². The van der Waals surface area contributed by atoms with Gasteiger partial charge in [0.15, 0.2) is 0 Å². The van der Waals surface area contributed by atoms with Crippen LogP contribution in [0.1, 0.15) is 37.9 Å². The molecule has 15 heavy (non-hydrogen) atoms. The minimum atomic E-state index is 0.548. The van der Waals surface area contributed by atoms with Crippen LogP contribution in [-0.4, -0.2) is 22.4 Å². The first-order chi connectivity index (χ1) is 7.35. The lowest BCUT2D eigenvalue weighted by Gasteiger charge is -2.16. The molecule has 0 aromatic carbocycles. The average molecular weight is 222 g/mol. The summed E-state index contributed by atoms with van der Waals surface area (Å²) in [6.07, 6.45) is 3.02. The van der Waals surface area contributed by atoms with E-state index in [1.54, 1.807) is 0 Å². The first kappa shape index (κ1) is 10.4. The Morgan fingerprint density at radius 2 is 2.40 bits per heavy atom. The minimum absolute atomic E-state index is 0.548. The van der Waals surface area contributed by atoms with Crippen LogP contribution < -0.4 is 4.90 Å². The minimum Gasteiger partial charge on any atom is -0.346 e. The summed E-state index contributed by atoms with van der Waals surface area (Å²) in [5.41, 5.74) is 0. The van der Waals surface area contributed by atoms with Crippen LogP contribution in [0.3, 0.4) is 0 Å². The number of hydrogen-bond donors (Lipinski definition) is 0. The van der Waals surface area contributed by atoms with Crippen LogP contribution in [0.2, 0.25) is 0 Å². The van der Waals surface area contributed by atoms with Crippen molar-refractivity contribution in [2.45, 2.75) is 32.1 Å². The fourth-order valence-corrected chi connectivity index (χ4v) is 2.27. The topological polar surface area (TPSA) is 52.8 Å². The van der Waals surface area contributed by atoms with Gasteiger partial charge in [-0.3, -0.25) is 0 Å². The molecule has 5 heteroatoms. The van der Waals surface area contributed by atoms with E-state index in [1.807, 2.05) is 0 Å². The molecule has 0 spiro atoms. The van der Waals surface area contributed by atoms with Crippen LogP contribution in [0.5, 0.6) is 0 Å². The monoisotopic (exact) mass is 222 g/mol. The molecule has 80 valence electrons. The van der Waals surface area contributed by atoms with Crippen molar-refractivity contribution in [3.05, 3.63) is 5.82 Å². The predicted octanol–water partition coefficient (Wildman–Crippen LogP) is 2.16. The highest BCUT2D eigenvalue weighted by Gasteiger charge is 2.28. The zero-order chi connectivity index (χ0) is 10.7. The molecule has 1 saturated carbocycles. The summed E-state index contributed by atoms with van der Waals surface area (Å²) in [4.78, 5) is 6.64. The smallest absolute Gasteiger partial charge is 0.205 e. The molecule has 1 aromatic heterocycles. The van der Waals surface area contributed by atoms with Crippen LogP contribution in [0.15, 0.2) is 0 Å². The van der Waals surface area contributed by atoms with E-state index < -0.39 is 0 Å². The van der Waals surface area contributed by atoms with Crippen molar-refractivity contribution >= 4 is 16.7 Å². The Morgan fingerprint density at radius 3 is 3.00 bits per heavy atom. The summed E-state index contributed by atoms with van der Waals surface area (Å²) in [5.74, 6) is 1.62. The number of aromatic nitrogens is 2. The van der Waals surface area contributed by atoms with Gasteiger partial charge in [-0.2, -0.15) is 9.64 Å². The summed E-state index contributed by atoms with van der Waals surface area (Å²) >= 11 is 1.46. The van der Waals surface area contributed by atoms with Gasteiger partial charge in [0.2, 0.25) is 5.13 Å². The Hall–Kier alpha value is -1.15. The molecule has 0 aliphatic heterocycles. The van der Waals surface area contributed by atoms with Gasteiger partial charge in [0, 0.05) is 30.5 Å². The van der Waals surface area contributed by atoms with Gasteiger partial charge in [0.25, 0.3) is 0 Å². The lowest BCUT2D eigenvalue weighted by Crippen LogP contribution is -2.23. The number of hydrogen-bond acceptors (Lipinski definition) is 5. The highest BCUT2D eigenvalue weighted by atomic mass is 32.1. The maximum Gasteiger partial charge on any atom is 0.205 e. The van der Waals surface area contributed by atoms with E-state index in [0.29, 0.717) is 12.3 Å². The maximum atomic E-state index is 8.55. The van der Waals surface area contributed by atoms with E-state index in [4.69, 9.17) is 5.26 Å². The fourth-order valence-electron chi connectivity index (χ4n) is 1.44. The summed E-state index contributed by atoms with van der Waals surface area (Å²) in [6.45, 7) is 3.73. The van der Waals surface area contributed by atoms with Gasteiger partial charge in [0.05, 0.1) is 12.5 Å². The predicted molar refractivity (Wildman–Crippen MR) is 60.0 cm³/mol. The van der Waals surface area contributed by atoms with Crippen molar-refractivity contribution in [2.75, 3.05) is 18.0 Å². The standard InChI is InChI=1S/C10H14N4S/c1-2-14(7-3-6-11)10-12-9(13-15-10)8-4-5-8/h8H,2-5,7H2,1H3. The molecule has 1 heterocycles. The molecule has 0 bridgehead atoms. The molecule has 1 aromatic rings. The lowest BCUT2D eigenvalue weighted by molar-refractivity contribution is 0.816. The van der Waals surface area contributed by atoms with Gasteiger partial charge in [0.1, 0.15) is 5.82 Å². The largest absolute Gasteiger partial charge is 0.346 e. The Bertz CT molecular complexity index is 364. The number of rotatable bonds is 5. The van der Waals surface area contributed by atoms with Crippen molar-refractivity contribution in [1.82, 2.24) is 9.36 Å². The van der Waals surface area contributed by atoms with Crippen molar-refractivity contribution in [1.29, 1.82) is 5.26 Å². The van der Waals surface area contributed by atoms with Crippen molar-refractivity contribution in [2.24, 2.45) is 0 Å². The highest BCUT2D eigenvalue weighted by Crippen LogP contribution is 2.39. The number of anilines is 1. The van der Waals surface area contributed by atoms with Crippen molar-refractivity contribution in [3.8, 4) is 6.07 Å². The van der Waals surface area contributed by atoms with Crippen LogP contribution in [0.4, 0.5) is 5.13 Å². The Morgan fingerprint density at radius 1 is 1.60 bits per heavy atom. The summed E-state index contributed by atoms with van der Waals surface area (Å²) in [6, 6.07) is 2.16. The first-order valence-corrected chi connectivity index (χ1v) is 6.08. The summed E-state index contributed by atoms with van der Waals surface area (Å²) < 4.78 is 4.36. The molecule has 0 atom stereocenters. The third kappa shape index (κ3) is 2.45. The summed E-state index contributed by atoms with van der Waals surface area (Å²) in [5, 5.41) is 9.52. The van der Waals surface area contributed by atoms with E-state index in [-0.39, 0.29) is 0 Å². The van der Waals surface area contributed by atoms with E-state index in [0.717, 1.165) is 24.0 Å². The Balaban J connectivity index is 2.01. The third-order valence-corrected chi connectivity index (χ3v) is 3.31.